The van der Waals surface area contributed by atoms with Gasteiger partial charge in [-0.1, -0.05) is 23.7 Å². The third-order valence-corrected chi connectivity index (χ3v) is 2.82. The van der Waals surface area contributed by atoms with Crippen LogP contribution in [0.25, 0.3) is 0 Å². The molecule has 0 saturated heterocycles. The second-order valence-corrected chi connectivity index (χ2v) is 4.56. The molecule has 0 aliphatic heterocycles. The zero-order chi connectivity index (χ0) is 11.1. The highest BCUT2D eigenvalue weighted by molar-refractivity contribution is 6.30. The van der Waals surface area contributed by atoms with Crippen molar-refractivity contribution in [3.05, 3.63) is 34.9 Å². The van der Waals surface area contributed by atoms with Crippen LogP contribution in [-0.2, 0) is 6.54 Å². The van der Waals surface area contributed by atoms with Crippen LogP contribution in [0, 0.1) is 0 Å². The lowest BCUT2D eigenvalue weighted by Crippen LogP contribution is -2.25. The maximum absolute atomic E-state index is 5.90. The van der Waals surface area contributed by atoms with Crippen LogP contribution in [0.2, 0.25) is 5.02 Å². The minimum Gasteiger partial charge on any atom is -0.310 e. The maximum atomic E-state index is 5.90. The number of hydrogen-bond acceptors (Lipinski definition) is 1. The summed E-state index contributed by atoms with van der Waals surface area (Å²) in [6, 6.07) is 8.43. The van der Waals surface area contributed by atoms with Gasteiger partial charge in [0.15, 0.2) is 0 Å². The predicted molar refractivity (Wildman–Crippen MR) is 67.7 cm³/mol. The van der Waals surface area contributed by atoms with Gasteiger partial charge in [0.25, 0.3) is 0 Å². The number of benzene rings is 1. The van der Waals surface area contributed by atoms with Gasteiger partial charge in [-0.3, -0.25) is 0 Å². The molecule has 3 heteroatoms. The van der Waals surface area contributed by atoms with Gasteiger partial charge in [0, 0.05) is 23.5 Å². The summed E-state index contributed by atoms with van der Waals surface area (Å²) < 4.78 is 0. The third kappa shape index (κ3) is 5.41. The van der Waals surface area contributed by atoms with E-state index >= 15 is 0 Å². The molecule has 1 atom stereocenters. The van der Waals surface area contributed by atoms with Gasteiger partial charge in [0.2, 0.25) is 0 Å². The molecule has 84 valence electrons. The fraction of sp³-hybridized carbons (Fsp3) is 0.500. The molecule has 0 heterocycles. The predicted octanol–water partition coefficient (Wildman–Crippen LogP) is 3.84. The van der Waals surface area contributed by atoms with E-state index < -0.39 is 0 Å². The average Bonchev–Trinajstić information content (AvgIpc) is 2.23. The van der Waals surface area contributed by atoms with E-state index in [9.17, 15) is 0 Å². The van der Waals surface area contributed by atoms with Crippen LogP contribution >= 0.6 is 23.2 Å². The standard InChI is InChI=1S/C12H17Cl2N/c1-10(4-3-7-13)15-9-11-5-2-6-12(14)8-11/h2,5-6,8,10,15H,3-4,7,9H2,1H3. The maximum Gasteiger partial charge on any atom is 0.0409 e. The molecule has 0 radical (unpaired) electrons. The molecule has 1 aromatic rings. The summed E-state index contributed by atoms with van der Waals surface area (Å²) in [4.78, 5) is 0. The summed E-state index contributed by atoms with van der Waals surface area (Å²) in [5.74, 6) is 0.739. The van der Waals surface area contributed by atoms with Gasteiger partial charge in [-0.05, 0) is 37.5 Å². The summed E-state index contributed by atoms with van der Waals surface area (Å²) in [6.45, 7) is 3.04. The van der Waals surface area contributed by atoms with Crippen molar-refractivity contribution in [1.82, 2.24) is 5.32 Å². The summed E-state index contributed by atoms with van der Waals surface area (Å²) in [5, 5.41) is 4.24. The Hall–Kier alpha value is -0.240. The first-order chi connectivity index (χ1) is 7.22. The van der Waals surface area contributed by atoms with Crippen molar-refractivity contribution in [2.24, 2.45) is 0 Å². The SMILES string of the molecule is CC(CCCCl)NCc1cccc(Cl)c1. The fourth-order valence-corrected chi connectivity index (χ4v) is 1.79. The van der Waals surface area contributed by atoms with E-state index in [2.05, 4.69) is 18.3 Å². The van der Waals surface area contributed by atoms with E-state index in [1.807, 2.05) is 18.2 Å². The average molecular weight is 246 g/mol. The molecule has 0 fully saturated rings. The van der Waals surface area contributed by atoms with Crippen molar-refractivity contribution < 1.29 is 0 Å². The Balaban J connectivity index is 2.30. The van der Waals surface area contributed by atoms with Gasteiger partial charge in [0.05, 0.1) is 0 Å². The Bertz CT molecular complexity index is 289. The van der Waals surface area contributed by atoms with Crippen LogP contribution in [0.15, 0.2) is 24.3 Å². The molecule has 0 spiro atoms. The highest BCUT2D eigenvalue weighted by Gasteiger charge is 2.01. The second-order valence-electron chi connectivity index (χ2n) is 3.74. The number of alkyl halides is 1. The highest BCUT2D eigenvalue weighted by atomic mass is 35.5. The van der Waals surface area contributed by atoms with E-state index in [1.165, 1.54) is 5.56 Å². The van der Waals surface area contributed by atoms with Crippen molar-refractivity contribution >= 4 is 23.2 Å². The van der Waals surface area contributed by atoms with Crippen LogP contribution in [0.1, 0.15) is 25.3 Å². The summed E-state index contributed by atoms with van der Waals surface area (Å²) in [5.41, 5.74) is 1.22. The van der Waals surface area contributed by atoms with Gasteiger partial charge in [-0.2, -0.15) is 0 Å². The monoisotopic (exact) mass is 245 g/mol. The van der Waals surface area contributed by atoms with Crippen LogP contribution in [0.4, 0.5) is 0 Å². The Labute approximate surface area is 102 Å². The zero-order valence-corrected chi connectivity index (χ0v) is 10.5. The van der Waals surface area contributed by atoms with Crippen molar-refractivity contribution in [3.8, 4) is 0 Å². The van der Waals surface area contributed by atoms with Crippen molar-refractivity contribution in [2.75, 3.05) is 5.88 Å². The van der Waals surface area contributed by atoms with Gasteiger partial charge in [0.1, 0.15) is 0 Å². The van der Waals surface area contributed by atoms with Gasteiger partial charge < -0.3 is 5.32 Å². The second kappa shape index (κ2) is 7.10. The Morgan fingerprint density at radius 2 is 2.20 bits per heavy atom. The molecule has 0 aliphatic carbocycles. The summed E-state index contributed by atoms with van der Waals surface area (Å²) >= 11 is 11.5. The highest BCUT2D eigenvalue weighted by Crippen LogP contribution is 2.10. The summed E-state index contributed by atoms with van der Waals surface area (Å²) in [7, 11) is 0. The van der Waals surface area contributed by atoms with Crippen LogP contribution in [-0.4, -0.2) is 11.9 Å². The number of nitrogens with one attached hydrogen (secondary N) is 1. The van der Waals surface area contributed by atoms with Crippen LogP contribution in [0.3, 0.4) is 0 Å². The number of halogens is 2. The van der Waals surface area contributed by atoms with E-state index in [0.29, 0.717) is 6.04 Å². The molecular weight excluding hydrogens is 229 g/mol. The molecule has 0 bridgehead atoms. The van der Waals surface area contributed by atoms with Crippen molar-refractivity contribution in [1.29, 1.82) is 0 Å². The summed E-state index contributed by atoms with van der Waals surface area (Å²) in [6.07, 6.45) is 2.18. The normalized spacial score (nSPS) is 12.7. The topological polar surface area (TPSA) is 12.0 Å². The molecule has 0 aromatic heterocycles. The van der Waals surface area contributed by atoms with Gasteiger partial charge in [-0.25, -0.2) is 0 Å². The quantitative estimate of drug-likeness (QED) is 0.752. The first-order valence-electron chi connectivity index (χ1n) is 5.26. The Morgan fingerprint density at radius 3 is 2.87 bits per heavy atom. The number of hydrogen-bond donors (Lipinski definition) is 1. The molecule has 15 heavy (non-hydrogen) atoms. The Kier molecular flexibility index (Phi) is 6.07. The lowest BCUT2D eigenvalue weighted by atomic mass is 10.1. The molecule has 1 rings (SSSR count). The first-order valence-corrected chi connectivity index (χ1v) is 6.17. The minimum atomic E-state index is 0.503. The molecule has 0 amide bonds. The Morgan fingerprint density at radius 1 is 1.40 bits per heavy atom. The smallest absolute Gasteiger partial charge is 0.0409 e. The molecule has 1 N–H and O–H groups in total. The van der Waals surface area contributed by atoms with Gasteiger partial charge >= 0.3 is 0 Å². The largest absolute Gasteiger partial charge is 0.310 e. The minimum absolute atomic E-state index is 0.503. The molecular formula is C12H17Cl2N. The van der Waals surface area contributed by atoms with Crippen LogP contribution < -0.4 is 5.32 Å². The van der Waals surface area contributed by atoms with E-state index in [0.717, 1.165) is 30.3 Å². The van der Waals surface area contributed by atoms with E-state index in [4.69, 9.17) is 23.2 Å². The molecule has 1 nitrogen and oxygen atoms in total. The molecule has 0 saturated carbocycles. The van der Waals surface area contributed by atoms with Crippen LogP contribution in [0.5, 0.6) is 0 Å². The lowest BCUT2D eigenvalue weighted by Gasteiger charge is -2.12. The number of rotatable bonds is 6. The molecule has 1 aromatic carbocycles. The van der Waals surface area contributed by atoms with Gasteiger partial charge in [-0.15, -0.1) is 11.6 Å². The molecule has 1 unspecified atom stereocenters. The van der Waals surface area contributed by atoms with E-state index in [-0.39, 0.29) is 0 Å². The first kappa shape index (κ1) is 12.8. The third-order valence-electron chi connectivity index (χ3n) is 2.31. The van der Waals surface area contributed by atoms with Crippen molar-refractivity contribution in [2.45, 2.75) is 32.4 Å². The van der Waals surface area contributed by atoms with Crippen molar-refractivity contribution in [3.63, 3.8) is 0 Å². The van der Waals surface area contributed by atoms with E-state index in [1.54, 1.807) is 0 Å². The molecule has 0 aliphatic rings. The fourth-order valence-electron chi connectivity index (χ4n) is 1.42. The zero-order valence-electron chi connectivity index (χ0n) is 8.97. The lowest BCUT2D eigenvalue weighted by molar-refractivity contribution is 0.509.